The lowest BCUT2D eigenvalue weighted by Gasteiger charge is -2.09. The second kappa shape index (κ2) is 7.10. The van der Waals surface area contributed by atoms with Crippen LogP contribution in [0.25, 0.3) is 0 Å². The molecule has 6 nitrogen and oxygen atoms in total. The van der Waals surface area contributed by atoms with Crippen LogP contribution in [0.15, 0.2) is 0 Å². The Morgan fingerprint density at radius 1 is 1.33 bits per heavy atom. The number of nitrogens with one attached hydrogen (secondary N) is 2. The predicted octanol–water partition coefficient (Wildman–Crippen LogP) is -0.250. The van der Waals surface area contributed by atoms with Crippen LogP contribution in [0.1, 0.15) is 20.3 Å². The third-order valence-electron chi connectivity index (χ3n) is 1.44. The number of rotatable bonds is 5. The zero-order valence-corrected chi connectivity index (χ0v) is 9.39. The predicted molar refractivity (Wildman–Crippen MR) is 56.1 cm³/mol. The van der Waals surface area contributed by atoms with Gasteiger partial charge in [-0.2, -0.15) is 0 Å². The van der Waals surface area contributed by atoms with E-state index in [4.69, 9.17) is 5.11 Å². The normalized spacial score (nSPS) is 11.6. The Labute approximate surface area is 91.8 Å². The number of carboxylic acids is 1. The average molecular weight is 234 g/mol. The molecule has 2 amide bonds. The largest absolute Gasteiger partial charge is 0.480 e. The molecule has 0 aromatic carbocycles. The molecule has 0 rings (SSSR count). The van der Waals surface area contributed by atoms with Crippen molar-refractivity contribution in [1.29, 1.82) is 0 Å². The molecular formula is C8H14N2O4S. The highest BCUT2D eigenvalue weighted by atomic mass is 32.2. The summed E-state index contributed by atoms with van der Waals surface area (Å²) >= 11 is 1.03. The Morgan fingerprint density at radius 3 is 2.33 bits per heavy atom. The summed E-state index contributed by atoms with van der Waals surface area (Å²) in [6, 6.07) is 0. The molecule has 0 aliphatic carbocycles. The van der Waals surface area contributed by atoms with Crippen molar-refractivity contribution in [2.75, 3.05) is 5.75 Å². The van der Waals surface area contributed by atoms with Gasteiger partial charge in [0.05, 0.1) is 5.75 Å². The van der Waals surface area contributed by atoms with Crippen molar-refractivity contribution in [2.24, 2.45) is 0 Å². The minimum Gasteiger partial charge on any atom is -0.480 e. The fraction of sp³-hybridized carbons (Fsp3) is 0.625. The zero-order chi connectivity index (χ0) is 11.8. The SMILES string of the molecule is CCC(SCC(=O)NNC(C)=O)C(=O)O. The van der Waals surface area contributed by atoms with Crippen molar-refractivity contribution in [3.8, 4) is 0 Å². The molecule has 0 aromatic rings. The molecule has 0 aliphatic rings. The van der Waals surface area contributed by atoms with Crippen LogP contribution >= 0.6 is 11.8 Å². The molecule has 86 valence electrons. The third kappa shape index (κ3) is 6.78. The van der Waals surface area contributed by atoms with Crippen LogP contribution in [0.3, 0.4) is 0 Å². The van der Waals surface area contributed by atoms with Crippen molar-refractivity contribution >= 4 is 29.5 Å². The number of carbonyl (C=O) groups is 3. The van der Waals surface area contributed by atoms with E-state index in [1.165, 1.54) is 6.92 Å². The highest BCUT2D eigenvalue weighted by molar-refractivity contribution is 8.01. The highest BCUT2D eigenvalue weighted by Gasteiger charge is 2.16. The molecule has 3 N–H and O–H groups in total. The van der Waals surface area contributed by atoms with Crippen molar-refractivity contribution in [3.05, 3.63) is 0 Å². The van der Waals surface area contributed by atoms with E-state index in [9.17, 15) is 14.4 Å². The van der Waals surface area contributed by atoms with E-state index in [1.807, 2.05) is 0 Å². The number of aliphatic carboxylic acids is 1. The number of hydrogen-bond acceptors (Lipinski definition) is 4. The molecule has 0 aliphatic heterocycles. The first-order chi connectivity index (χ1) is 6.97. The molecule has 7 heteroatoms. The van der Waals surface area contributed by atoms with Gasteiger partial charge in [0.2, 0.25) is 11.8 Å². The van der Waals surface area contributed by atoms with Crippen LogP contribution in [0.2, 0.25) is 0 Å². The number of hydrogen-bond donors (Lipinski definition) is 3. The fourth-order valence-electron chi connectivity index (χ4n) is 0.734. The maximum absolute atomic E-state index is 11.1. The molecule has 0 spiro atoms. The fourth-order valence-corrected chi connectivity index (χ4v) is 1.54. The molecule has 0 aromatic heterocycles. The zero-order valence-electron chi connectivity index (χ0n) is 8.57. The summed E-state index contributed by atoms with van der Waals surface area (Å²) in [6.45, 7) is 3.00. The van der Waals surface area contributed by atoms with Gasteiger partial charge >= 0.3 is 5.97 Å². The van der Waals surface area contributed by atoms with Crippen LogP contribution in [-0.2, 0) is 14.4 Å². The van der Waals surface area contributed by atoms with Crippen molar-refractivity contribution in [3.63, 3.8) is 0 Å². The summed E-state index contributed by atoms with van der Waals surface area (Å²) in [5.74, 6) is -1.73. The van der Waals surface area contributed by atoms with E-state index in [1.54, 1.807) is 6.92 Å². The van der Waals surface area contributed by atoms with Gasteiger partial charge in [-0.25, -0.2) is 0 Å². The van der Waals surface area contributed by atoms with Gasteiger partial charge in [-0.1, -0.05) is 6.92 Å². The Bertz CT molecular complexity index is 257. The Kier molecular flexibility index (Phi) is 6.52. The molecule has 0 fully saturated rings. The van der Waals surface area contributed by atoms with Gasteiger partial charge in [0, 0.05) is 6.92 Å². The number of carbonyl (C=O) groups excluding carboxylic acids is 2. The molecule has 0 heterocycles. The second-order valence-corrected chi connectivity index (χ2v) is 3.97. The van der Waals surface area contributed by atoms with Crippen LogP contribution in [0, 0.1) is 0 Å². The molecule has 0 radical (unpaired) electrons. The lowest BCUT2D eigenvalue weighted by molar-refractivity contribution is -0.136. The summed E-state index contributed by atoms with van der Waals surface area (Å²) < 4.78 is 0. The van der Waals surface area contributed by atoms with Crippen LogP contribution < -0.4 is 10.9 Å². The van der Waals surface area contributed by atoms with Gasteiger partial charge < -0.3 is 5.11 Å². The lowest BCUT2D eigenvalue weighted by Crippen LogP contribution is -2.41. The van der Waals surface area contributed by atoms with Crippen molar-refractivity contribution in [1.82, 2.24) is 10.9 Å². The molecule has 15 heavy (non-hydrogen) atoms. The maximum Gasteiger partial charge on any atom is 0.316 e. The van der Waals surface area contributed by atoms with E-state index in [0.29, 0.717) is 6.42 Å². The number of amides is 2. The summed E-state index contributed by atoms with van der Waals surface area (Å²) in [4.78, 5) is 32.1. The Balaban J connectivity index is 3.78. The summed E-state index contributed by atoms with van der Waals surface area (Å²) in [5.41, 5.74) is 4.27. The quantitative estimate of drug-likeness (QED) is 0.570. The van der Waals surface area contributed by atoms with Crippen LogP contribution in [0.4, 0.5) is 0 Å². The molecule has 0 bridgehead atoms. The summed E-state index contributed by atoms with van der Waals surface area (Å²) in [5, 5.41) is 8.09. The van der Waals surface area contributed by atoms with Crippen LogP contribution in [0.5, 0.6) is 0 Å². The first-order valence-electron chi connectivity index (χ1n) is 4.37. The minimum atomic E-state index is -0.935. The molecule has 0 saturated heterocycles. The minimum absolute atomic E-state index is 0.00505. The number of carboxylic acid groups (broad SMARTS) is 1. The highest BCUT2D eigenvalue weighted by Crippen LogP contribution is 2.13. The van der Waals surface area contributed by atoms with Crippen molar-refractivity contribution < 1.29 is 19.5 Å². The second-order valence-electron chi connectivity index (χ2n) is 2.78. The Morgan fingerprint density at radius 2 is 1.93 bits per heavy atom. The number of thioether (sulfide) groups is 1. The average Bonchev–Trinajstić information content (AvgIpc) is 2.15. The van der Waals surface area contributed by atoms with E-state index in [2.05, 4.69) is 10.9 Å². The van der Waals surface area contributed by atoms with E-state index in [0.717, 1.165) is 11.8 Å². The molecule has 1 unspecified atom stereocenters. The van der Waals surface area contributed by atoms with E-state index >= 15 is 0 Å². The smallest absolute Gasteiger partial charge is 0.316 e. The summed E-state index contributed by atoms with van der Waals surface area (Å²) in [7, 11) is 0. The van der Waals surface area contributed by atoms with Gasteiger partial charge in [-0.05, 0) is 6.42 Å². The van der Waals surface area contributed by atoms with E-state index < -0.39 is 17.1 Å². The lowest BCUT2D eigenvalue weighted by atomic mass is 10.3. The maximum atomic E-state index is 11.1. The third-order valence-corrected chi connectivity index (χ3v) is 2.81. The molecule has 1 atom stereocenters. The van der Waals surface area contributed by atoms with Gasteiger partial charge in [-0.3, -0.25) is 25.2 Å². The summed E-state index contributed by atoms with van der Waals surface area (Å²) in [6.07, 6.45) is 0.452. The Hall–Kier alpha value is -1.24. The van der Waals surface area contributed by atoms with Gasteiger partial charge in [0.25, 0.3) is 0 Å². The van der Waals surface area contributed by atoms with Crippen LogP contribution in [-0.4, -0.2) is 33.9 Å². The monoisotopic (exact) mass is 234 g/mol. The topological polar surface area (TPSA) is 95.5 Å². The first kappa shape index (κ1) is 13.8. The first-order valence-corrected chi connectivity index (χ1v) is 5.42. The molecule has 0 saturated carbocycles. The van der Waals surface area contributed by atoms with Gasteiger partial charge in [0.1, 0.15) is 5.25 Å². The van der Waals surface area contributed by atoms with Gasteiger partial charge in [-0.15, -0.1) is 11.8 Å². The standard InChI is InChI=1S/C8H14N2O4S/c1-3-6(8(13)14)15-4-7(12)10-9-5(2)11/h6H,3-4H2,1-2H3,(H,9,11)(H,10,12)(H,13,14). The van der Waals surface area contributed by atoms with E-state index in [-0.39, 0.29) is 11.7 Å². The van der Waals surface area contributed by atoms with Crippen molar-refractivity contribution in [2.45, 2.75) is 25.5 Å². The molecular weight excluding hydrogens is 220 g/mol. The van der Waals surface area contributed by atoms with Gasteiger partial charge in [0.15, 0.2) is 0 Å². The number of hydrazine groups is 1.